The second-order valence-corrected chi connectivity index (χ2v) is 9.49. The van der Waals surface area contributed by atoms with E-state index in [0.717, 1.165) is 33.5 Å². The predicted molar refractivity (Wildman–Crippen MR) is 127 cm³/mol. The van der Waals surface area contributed by atoms with Gasteiger partial charge in [0, 0.05) is 16.6 Å². The molecule has 0 spiro atoms. The highest BCUT2D eigenvalue weighted by molar-refractivity contribution is 9.10. The van der Waals surface area contributed by atoms with Crippen LogP contribution in [-0.4, -0.2) is 34.7 Å². The normalized spacial score (nSPS) is 18.4. The molecule has 0 atom stereocenters. The number of ether oxygens (including phenoxy) is 1. The highest BCUT2D eigenvalue weighted by atomic mass is 79.9. The Labute approximate surface area is 193 Å². The van der Waals surface area contributed by atoms with Crippen LogP contribution in [0.25, 0.3) is 5.57 Å². The van der Waals surface area contributed by atoms with Gasteiger partial charge in [-0.1, -0.05) is 59.0 Å². The van der Waals surface area contributed by atoms with Gasteiger partial charge in [0.1, 0.15) is 10.1 Å². The Morgan fingerprint density at radius 1 is 1.07 bits per heavy atom. The van der Waals surface area contributed by atoms with Crippen molar-refractivity contribution in [2.75, 3.05) is 18.6 Å². The first kappa shape index (κ1) is 21.1. The largest absolute Gasteiger partial charge is 0.497 e. The number of carbonyl (C=O) groups is 2. The van der Waals surface area contributed by atoms with E-state index in [-0.39, 0.29) is 11.8 Å². The third-order valence-electron chi connectivity index (χ3n) is 5.00. The number of rotatable bonds is 5. The van der Waals surface area contributed by atoms with Crippen molar-refractivity contribution in [2.24, 2.45) is 0 Å². The Morgan fingerprint density at radius 2 is 1.80 bits per heavy atom. The van der Waals surface area contributed by atoms with E-state index in [9.17, 15) is 9.59 Å². The van der Waals surface area contributed by atoms with E-state index in [0.29, 0.717) is 27.9 Å². The summed E-state index contributed by atoms with van der Waals surface area (Å²) in [4.78, 5) is 30.2. The van der Waals surface area contributed by atoms with Gasteiger partial charge in [-0.15, -0.1) is 0 Å². The van der Waals surface area contributed by atoms with E-state index in [1.807, 2.05) is 49.4 Å². The first-order valence-electron chi connectivity index (χ1n) is 9.47. The predicted octanol–water partition coefficient (Wildman–Crippen LogP) is 4.99. The van der Waals surface area contributed by atoms with Gasteiger partial charge >= 0.3 is 0 Å². The number of anilines is 1. The molecule has 2 aromatic carbocycles. The highest BCUT2D eigenvalue weighted by Crippen LogP contribution is 2.45. The molecule has 2 aromatic rings. The second-order valence-electron chi connectivity index (χ2n) is 6.93. The van der Waals surface area contributed by atoms with Gasteiger partial charge in [-0.25, -0.2) is 0 Å². The quantitative estimate of drug-likeness (QED) is 0.425. The summed E-state index contributed by atoms with van der Waals surface area (Å²) < 4.78 is 6.50. The van der Waals surface area contributed by atoms with Crippen LogP contribution in [0.1, 0.15) is 24.5 Å². The molecule has 1 fully saturated rings. The van der Waals surface area contributed by atoms with Crippen LogP contribution in [0.5, 0.6) is 5.75 Å². The van der Waals surface area contributed by atoms with Crippen molar-refractivity contribution in [1.82, 2.24) is 4.90 Å². The molecule has 5 nitrogen and oxygen atoms in total. The zero-order valence-corrected chi connectivity index (χ0v) is 19.7. The molecule has 4 rings (SSSR count). The van der Waals surface area contributed by atoms with E-state index in [1.165, 1.54) is 11.8 Å². The van der Waals surface area contributed by atoms with E-state index in [4.69, 9.17) is 17.0 Å². The first-order valence-corrected chi connectivity index (χ1v) is 11.5. The molecular formula is C22H19BrN2O3S2. The van der Waals surface area contributed by atoms with Crippen LogP contribution in [0, 0.1) is 0 Å². The molecule has 0 radical (unpaired) electrons. The molecule has 1 saturated heterocycles. The number of halogens is 1. The third-order valence-corrected chi connectivity index (χ3v) is 6.94. The van der Waals surface area contributed by atoms with Crippen molar-refractivity contribution in [3.63, 3.8) is 0 Å². The van der Waals surface area contributed by atoms with Crippen molar-refractivity contribution in [2.45, 2.75) is 19.9 Å². The van der Waals surface area contributed by atoms with Crippen molar-refractivity contribution >= 4 is 67.3 Å². The summed E-state index contributed by atoms with van der Waals surface area (Å²) >= 11 is 10.2. The van der Waals surface area contributed by atoms with Crippen LogP contribution in [0.15, 0.2) is 51.8 Å². The number of thiocarbonyl (C=S) groups is 1. The highest BCUT2D eigenvalue weighted by Gasteiger charge is 2.41. The van der Waals surface area contributed by atoms with E-state index < -0.39 is 0 Å². The monoisotopic (exact) mass is 502 g/mol. The fraction of sp³-hybridized carbons (Fsp3) is 0.227. The fourth-order valence-electron chi connectivity index (χ4n) is 3.57. The molecule has 30 heavy (non-hydrogen) atoms. The molecule has 0 saturated carbocycles. The van der Waals surface area contributed by atoms with E-state index >= 15 is 0 Å². The minimum absolute atomic E-state index is 0.144. The Kier molecular flexibility index (Phi) is 5.99. The lowest BCUT2D eigenvalue weighted by Crippen LogP contribution is -2.29. The summed E-state index contributed by atoms with van der Waals surface area (Å²) in [5.74, 6) is 0.379. The summed E-state index contributed by atoms with van der Waals surface area (Å²) in [7, 11) is 1.61. The zero-order chi connectivity index (χ0) is 21.4. The fourth-order valence-corrected chi connectivity index (χ4v) is 5.26. The van der Waals surface area contributed by atoms with Crippen LogP contribution in [0.3, 0.4) is 0 Å². The molecule has 2 aliphatic rings. The van der Waals surface area contributed by atoms with Crippen molar-refractivity contribution in [1.29, 1.82) is 0 Å². The van der Waals surface area contributed by atoms with E-state index in [2.05, 4.69) is 15.9 Å². The SMILES string of the molecule is CCCN1C(=O)/C(=C2\SC(=S)N(Cc3ccc(OC)cc3)C2=O)c2cc(Br)ccc21. The van der Waals surface area contributed by atoms with Gasteiger partial charge in [0.25, 0.3) is 11.8 Å². The summed E-state index contributed by atoms with van der Waals surface area (Å²) in [5, 5.41) is 0. The molecule has 2 aliphatic heterocycles. The number of nitrogens with zero attached hydrogens (tertiary/aromatic N) is 2. The smallest absolute Gasteiger partial charge is 0.267 e. The molecule has 2 heterocycles. The molecule has 0 aromatic heterocycles. The molecule has 0 unspecified atom stereocenters. The number of benzene rings is 2. The minimum atomic E-state index is -0.228. The molecule has 8 heteroatoms. The average Bonchev–Trinajstić information content (AvgIpc) is 3.16. The van der Waals surface area contributed by atoms with Crippen LogP contribution in [0.2, 0.25) is 0 Å². The average molecular weight is 503 g/mol. The van der Waals surface area contributed by atoms with Crippen LogP contribution in [-0.2, 0) is 16.1 Å². The molecule has 0 bridgehead atoms. The Morgan fingerprint density at radius 3 is 2.47 bits per heavy atom. The second kappa shape index (κ2) is 8.53. The minimum Gasteiger partial charge on any atom is -0.497 e. The molecule has 2 amide bonds. The number of fused-ring (bicyclic) bond motifs is 1. The number of methoxy groups -OCH3 is 1. The lowest BCUT2D eigenvalue weighted by atomic mass is 10.1. The van der Waals surface area contributed by atoms with Crippen LogP contribution in [0.4, 0.5) is 5.69 Å². The summed E-state index contributed by atoms with van der Waals surface area (Å²) in [6.07, 6.45) is 0.826. The van der Waals surface area contributed by atoms with Gasteiger partial charge < -0.3 is 9.64 Å². The molecule has 0 aliphatic carbocycles. The summed E-state index contributed by atoms with van der Waals surface area (Å²) in [6.45, 7) is 2.98. The van der Waals surface area contributed by atoms with Crippen LogP contribution >= 0.6 is 39.9 Å². The van der Waals surface area contributed by atoms with Crippen LogP contribution < -0.4 is 9.64 Å². The van der Waals surface area contributed by atoms with Crippen molar-refractivity contribution in [3.8, 4) is 5.75 Å². The topological polar surface area (TPSA) is 49.9 Å². The van der Waals surface area contributed by atoms with Gasteiger partial charge in [0.05, 0.1) is 29.8 Å². The van der Waals surface area contributed by atoms with Crippen molar-refractivity contribution < 1.29 is 14.3 Å². The van der Waals surface area contributed by atoms with Gasteiger partial charge in [0.2, 0.25) is 0 Å². The molecule has 154 valence electrons. The molecular weight excluding hydrogens is 484 g/mol. The van der Waals surface area contributed by atoms with Gasteiger partial charge in [0.15, 0.2) is 0 Å². The maximum absolute atomic E-state index is 13.3. The number of thioether (sulfide) groups is 1. The number of amides is 2. The third kappa shape index (κ3) is 3.68. The van der Waals surface area contributed by atoms with Gasteiger partial charge in [-0.3, -0.25) is 14.5 Å². The lowest BCUT2D eigenvalue weighted by molar-refractivity contribution is -0.122. The van der Waals surface area contributed by atoms with Gasteiger partial charge in [-0.2, -0.15) is 0 Å². The first-order chi connectivity index (χ1) is 14.4. The maximum Gasteiger partial charge on any atom is 0.267 e. The summed E-state index contributed by atoms with van der Waals surface area (Å²) in [5.41, 5.74) is 2.98. The number of hydrogen-bond donors (Lipinski definition) is 0. The Hall–Kier alpha value is -2.16. The Balaban J connectivity index is 1.71. The van der Waals surface area contributed by atoms with Crippen molar-refractivity contribution in [3.05, 3.63) is 63.0 Å². The molecule has 0 N–H and O–H groups in total. The standard InChI is InChI=1S/C22H19BrN2O3S2/c1-3-10-24-17-9-6-14(23)11-16(17)18(20(24)26)19-21(27)25(22(29)30-19)12-13-4-7-15(28-2)8-5-13/h4-9,11H,3,10,12H2,1-2H3/b19-18-. The number of hydrogen-bond acceptors (Lipinski definition) is 5. The van der Waals surface area contributed by atoms with E-state index in [1.54, 1.807) is 16.9 Å². The zero-order valence-electron chi connectivity index (χ0n) is 16.5. The Bertz CT molecular complexity index is 1080. The maximum atomic E-state index is 13.3. The summed E-state index contributed by atoms with van der Waals surface area (Å²) in [6, 6.07) is 13.2. The number of carbonyl (C=O) groups excluding carboxylic acids is 2. The van der Waals surface area contributed by atoms with Gasteiger partial charge in [-0.05, 0) is 42.3 Å². The lowest BCUT2D eigenvalue weighted by Gasteiger charge is -2.16.